The lowest BCUT2D eigenvalue weighted by Crippen LogP contribution is -2.26. The summed E-state index contributed by atoms with van der Waals surface area (Å²) in [6, 6.07) is 4.61. The molecule has 0 saturated carbocycles. The Bertz CT molecular complexity index is 384. The number of hydrogen-bond donors (Lipinski definition) is 1. The molecule has 1 N–H and O–H groups in total. The maximum atomic E-state index is 13.8. The average Bonchev–Trinajstić information content (AvgIpc) is 2.42. The van der Waals surface area contributed by atoms with E-state index >= 15 is 0 Å². The second kappa shape index (κ2) is 8.12. The Morgan fingerprint density at radius 1 is 1.32 bits per heavy atom. The fourth-order valence-corrected chi connectivity index (χ4v) is 2.21. The van der Waals surface area contributed by atoms with Gasteiger partial charge in [-0.25, -0.2) is 4.39 Å². The third-order valence-corrected chi connectivity index (χ3v) is 3.27. The van der Waals surface area contributed by atoms with Gasteiger partial charge in [0.2, 0.25) is 0 Å². The summed E-state index contributed by atoms with van der Waals surface area (Å²) >= 11 is 0. The van der Waals surface area contributed by atoms with E-state index in [2.05, 4.69) is 18.7 Å². The zero-order chi connectivity index (χ0) is 14.3. The molecule has 0 heterocycles. The van der Waals surface area contributed by atoms with Crippen molar-refractivity contribution >= 4 is 0 Å². The van der Waals surface area contributed by atoms with E-state index in [-0.39, 0.29) is 5.56 Å². The Morgan fingerprint density at radius 2 is 2.05 bits per heavy atom. The minimum atomic E-state index is -0.831. The van der Waals surface area contributed by atoms with Crippen LogP contribution in [0.25, 0.3) is 0 Å². The van der Waals surface area contributed by atoms with Gasteiger partial charge in [-0.15, -0.1) is 0 Å². The third kappa shape index (κ3) is 4.48. The van der Waals surface area contributed by atoms with E-state index in [4.69, 9.17) is 4.74 Å². The van der Waals surface area contributed by atoms with Crippen LogP contribution in [0.15, 0.2) is 18.2 Å². The van der Waals surface area contributed by atoms with Crippen molar-refractivity contribution in [1.82, 2.24) is 4.90 Å². The van der Waals surface area contributed by atoms with Crippen LogP contribution in [0, 0.1) is 5.82 Å². The number of methoxy groups -OCH3 is 1. The van der Waals surface area contributed by atoms with Crippen LogP contribution in [0.1, 0.15) is 38.4 Å². The molecule has 0 bridgehead atoms. The molecule has 19 heavy (non-hydrogen) atoms. The number of ether oxygens (including phenoxy) is 1. The molecule has 1 unspecified atom stereocenters. The Labute approximate surface area is 115 Å². The van der Waals surface area contributed by atoms with Crippen molar-refractivity contribution in [2.45, 2.75) is 32.8 Å². The summed E-state index contributed by atoms with van der Waals surface area (Å²) in [7, 11) is 1.49. The van der Waals surface area contributed by atoms with Gasteiger partial charge in [-0.3, -0.25) is 0 Å². The van der Waals surface area contributed by atoms with E-state index in [1.165, 1.54) is 13.2 Å². The topological polar surface area (TPSA) is 32.7 Å². The van der Waals surface area contributed by atoms with Gasteiger partial charge in [0.1, 0.15) is 11.6 Å². The average molecular weight is 269 g/mol. The molecule has 1 rings (SSSR count). The number of benzene rings is 1. The fraction of sp³-hybridized carbons (Fsp3) is 0.600. The van der Waals surface area contributed by atoms with Crippen molar-refractivity contribution in [1.29, 1.82) is 0 Å². The molecule has 0 amide bonds. The van der Waals surface area contributed by atoms with Crippen LogP contribution in [-0.4, -0.2) is 36.8 Å². The summed E-state index contributed by atoms with van der Waals surface area (Å²) in [5.41, 5.74) is 0.262. The number of nitrogens with zero attached hydrogens (tertiary/aromatic N) is 1. The van der Waals surface area contributed by atoms with Crippen molar-refractivity contribution in [2.75, 3.05) is 26.7 Å². The van der Waals surface area contributed by atoms with Gasteiger partial charge in [-0.05, 0) is 38.1 Å². The lowest BCUT2D eigenvalue weighted by molar-refractivity contribution is 0.136. The summed E-state index contributed by atoms with van der Waals surface area (Å²) in [6.07, 6.45) is 0.750. The molecular weight excluding hydrogens is 245 g/mol. The van der Waals surface area contributed by atoms with Crippen molar-refractivity contribution in [3.05, 3.63) is 29.6 Å². The molecule has 0 saturated heterocycles. The number of halogens is 1. The first-order valence-electron chi connectivity index (χ1n) is 6.86. The highest BCUT2D eigenvalue weighted by Gasteiger charge is 2.18. The molecule has 3 nitrogen and oxygen atoms in total. The zero-order valence-electron chi connectivity index (χ0n) is 12.0. The standard InChI is InChI=1S/C15H24FNO2/c1-4-10-17(5-2)11-9-13(18)15-12(16)7-6-8-14(15)19-3/h6-8,13,18H,4-5,9-11H2,1-3H3. The van der Waals surface area contributed by atoms with Crippen LogP contribution in [-0.2, 0) is 0 Å². The minimum Gasteiger partial charge on any atom is -0.496 e. The van der Waals surface area contributed by atoms with Crippen LogP contribution in [0.5, 0.6) is 5.75 Å². The van der Waals surface area contributed by atoms with Crippen LogP contribution in [0.3, 0.4) is 0 Å². The predicted molar refractivity (Wildman–Crippen MR) is 74.9 cm³/mol. The van der Waals surface area contributed by atoms with Gasteiger partial charge in [-0.1, -0.05) is 19.9 Å². The normalized spacial score (nSPS) is 12.7. The first-order chi connectivity index (χ1) is 9.13. The van der Waals surface area contributed by atoms with Gasteiger partial charge in [0.25, 0.3) is 0 Å². The number of hydrogen-bond acceptors (Lipinski definition) is 3. The summed E-state index contributed by atoms with van der Waals surface area (Å²) in [5, 5.41) is 10.2. The minimum absolute atomic E-state index is 0.262. The van der Waals surface area contributed by atoms with E-state index in [9.17, 15) is 9.50 Å². The zero-order valence-corrected chi connectivity index (χ0v) is 12.0. The molecule has 0 fully saturated rings. The Balaban J connectivity index is 2.70. The molecule has 0 aliphatic heterocycles. The Morgan fingerprint density at radius 3 is 2.63 bits per heavy atom. The summed E-state index contributed by atoms with van der Waals surface area (Å²) in [6.45, 7) is 6.90. The van der Waals surface area contributed by atoms with Gasteiger partial charge in [-0.2, -0.15) is 0 Å². The first kappa shape index (κ1) is 15.9. The molecule has 1 aromatic rings. The second-order valence-electron chi connectivity index (χ2n) is 4.59. The van der Waals surface area contributed by atoms with Crippen LogP contribution < -0.4 is 4.74 Å². The summed E-state index contributed by atoms with van der Waals surface area (Å²) < 4.78 is 18.9. The highest BCUT2D eigenvalue weighted by molar-refractivity contribution is 5.36. The Kier molecular flexibility index (Phi) is 6.81. The predicted octanol–water partition coefficient (Wildman–Crippen LogP) is 2.99. The highest BCUT2D eigenvalue weighted by atomic mass is 19.1. The maximum Gasteiger partial charge on any atom is 0.132 e. The Hall–Kier alpha value is -1.13. The molecule has 0 aromatic heterocycles. The number of aliphatic hydroxyl groups excluding tert-OH is 1. The fourth-order valence-electron chi connectivity index (χ4n) is 2.21. The van der Waals surface area contributed by atoms with E-state index < -0.39 is 11.9 Å². The summed E-state index contributed by atoms with van der Waals surface area (Å²) in [5.74, 6) is -0.00331. The van der Waals surface area contributed by atoms with E-state index in [0.29, 0.717) is 12.2 Å². The monoisotopic (exact) mass is 269 g/mol. The molecule has 108 valence electrons. The highest BCUT2D eigenvalue weighted by Crippen LogP contribution is 2.29. The van der Waals surface area contributed by atoms with Crippen LogP contribution in [0.4, 0.5) is 4.39 Å². The van der Waals surface area contributed by atoms with E-state index in [1.54, 1.807) is 12.1 Å². The van der Waals surface area contributed by atoms with Gasteiger partial charge >= 0.3 is 0 Å². The molecule has 0 spiro atoms. The van der Waals surface area contributed by atoms with Gasteiger partial charge in [0.15, 0.2) is 0 Å². The molecule has 0 aliphatic carbocycles. The van der Waals surface area contributed by atoms with E-state index in [0.717, 1.165) is 26.1 Å². The summed E-state index contributed by atoms with van der Waals surface area (Å²) in [4.78, 5) is 2.25. The molecule has 1 atom stereocenters. The third-order valence-electron chi connectivity index (χ3n) is 3.27. The van der Waals surface area contributed by atoms with Gasteiger partial charge in [0.05, 0.1) is 18.8 Å². The van der Waals surface area contributed by atoms with Crippen molar-refractivity contribution in [3.8, 4) is 5.75 Å². The van der Waals surface area contributed by atoms with Crippen molar-refractivity contribution in [3.63, 3.8) is 0 Å². The largest absolute Gasteiger partial charge is 0.496 e. The molecule has 0 radical (unpaired) electrons. The number of rotatable bonds is 8. The first-order valence-corrected chi connectivity index (χ1v) is 6.86. The smallest absolute Gasteiger partial charge is 0.132 e. The van der Waals surface area contributed by atoms with E-state index in [1.807, 2.05) is 0 Å². The molecular formula is C15H24FNO2. The molecule has 0 aliphatic rings. The molecule has 4 heteroatoms. The van der Waals surface area contributed by atoms with Crippen LogP contribution >= 0.6 is 0 Å². The van der Waals surface area contributed by atoms with Gasteiger partial charge in [0, 0.05) is 6.54 Å². The second-order valence-corrected chi connectivity index (χ2v) is 4.59. The SMILES string of the molecule is CCCN(CC)CCC(O)c1c(F)cccc1OC. The van der Waals surface area contributed by atoms with Crippen molar-refractivity contribution in [2.24, 2.45) is 0 Å². The number of aliphatic hydroxyl groups is 1. The van der Waals surface area contributed by atoms with Crippen molar-refractivity contribution < 1.29 is 14.2 Å². The maximum absolute atomic E-state index is 13.8. The lowest BCUT2D eigenvalue weighted by atomic mass is 10.0. The lowest BCUT2D eigenvalue weighted by Gasteiger charge is -2.22. The van der Waals surface area contributed by atoms with Gasteiger partial charge < -0.3 is 14.7 Å². The quantitative estimate of drug-likeness (QED) is 0.787. The molecule has 1 aromatic carbocycles. The van der Waals surface area contributed by atoms with Crippen LogP contribution in [0.2, 0.25) is 0 Å².